The molecule has 2 N–H and O–H groups in total. The van der Waals surface area contributed by atoms with Crippen molar-refractivity contribution in [1.29, 1.82) is 0 Å². The Bertz CT molecular complexity index is 957. The van der Waals surface area contributed by atoms with Crippen molar-refractivity contribution in [2.75, 3.05) is 5.73 Å². The van der Waals surface area contributed by atoms with Gasteiger partial charge in [0.25, 0.3) is 0 Å². The van der Waals surface area contributed by atoms with Gasteiger partial charge in [-0.1, -0.05) is 84.9 Å². The summed E-state index contributed by atoms with van der Waals surface area (Å²) >= 11 is 0. The molecule has 4 aromatic rings. The minimum atomic E-state index is 0.839. The Labute approximate surface area is 136 Å². The van der Waals surface area contributed by atoms with Crippen molar-refractivity contribution in [1.82, 2.24) is 0 Å². The van der Waals surface area contributed by atoms with Gasteiger partial charge in [0, 0.05) is 16.6 Å². The third-order valence-corrected chi connectivity index (χ3v) is 4.26. The standard InChI is InChI=1S/C22H17N/c23-22-19-14-8-7-13-18(19)20(16-9-3-1-4-10-16)15-21(22)17-11-5-2-6-12-17/h1-15H,23H2. The van der Waals surface area contributed by atoms with Crippen LogP contribution in [0.15, 0.2) is 91.0 Å². The molecule has 0 aliphatic rings. The van der Waals surface area contributed by atoms with Crippen molar-refractivity contribution in [2.45, 2.75) is 0 Å². The third kappa shape index (κ3) is 2.36. The zero-order chi connectivity index (χ0) is 15.6. The van der Waals surface area contributed by atoms with E-state index in [0.29, 0.717) is 0 Å². The third-order valence-electron chi connectivity index (χ3n) is 4.26. The Hall–Kier alpha value is -3.06. The summed E-state index contributed by atoms with van der Waals surface area (Å²) in [4.78, 5) is 0. The van der Waals surface area contributed by atoms with Crippen LogP contribution in [0.25, 0.3) is 33.0 Å². The van der Waals surface area contributed by atoms with Crippen molar-refractivity contribution in [3.63, 3.8) is 0 Å². The van der Waals surface area contributed by atoms with Crippen LogP contribution in [0.3, 0.4) is 0 Å². The summed E-state index contributed by atoms with van der Waals surface area (Å²) < 4.78 is 0. The van der Waals surface area contributed by atoms with Crippen molar-refractivity contribution in [3.05, 3.63) is 91.0 Å². The van der Waals surface area contributed by atoms with Crippen molar-refractivity contribution >= 4 is 16.5 Å². The van der Waals surface area contributed by atoms with E-state index in [0.717, 1.165) is 22.2 Å². The second kappa shape index (κ2) is 5.62. The topological polar surface area (TPSA) is 26.0 Å². The Morgan fingerprint density at radius 3 is 1.57 bits per heavy atom. The number of benzene rings is 4. The summed E-state index contributed by atoms with van der Waals surface area (Å²) in [6.45, 7) is 0. The first-order valence-corrected chi connectivity index (χ1v) is 7.76. The molecule has 23 heavy (non-hydrogen) atoms. The lowest BCUT2D eigenvalue weighted by molar-refractivity contribution is 1.61. The van der Waals surface area contributed by atoms with Crippen molar-refractivity contribution in [2.24, 2.45) is 0 Å². The molecule has 0 spiro atoms. The highest BCUT2D eigenvalue weighted by Crippen LogP contribution is 2.39. The molecule has 1 heteroatoms. The van der Waals surface area contributed by atoms with Crippen LogP contribution < -0.4 is 5.73 Å². The lowest BCUT2D eigenvalue weighted by Gasteiger charge is -2.14. The first-order valence-electron chi connectivity index (χ1n) is 7.76. The molecule has 0 fully saturated rings. The summed E-state index contributed by atoms with van der Waals surface area (Å²) in [6, 6.07) is 31.4. The SMILES string of the molecule is Nc1c(-c2ccccc2)cc(-c2ccccc2)c2ccccc12. The van der Waals surface area contributed by atoms with E-state index in [1.807, 2.05) is 30.3 Å². The summed E-state index contributed by atoms with van der Waals surface area (Å²) in [5.41, 5.74) is 12.0. The van der Waals surface area contributed by atoms with Crippen LogP contribution in [0.4, 0.5) is 5.69 Å². The van der Waals surface area contributed by atoms with E-state index in [-0.39, 0.29) is 0 Å². The van der Waals surface area contributed by atoms with Gasteiger partial charge in [-0.05, 0) is 28.1 Å². The monoisotopic (exact) mass is 295 g/mol. The molecular weight excluding hydrogens is 278 g/mol. The summed E-state index contributed by atoms with van der Waals surface area (Å²) in [7, 11) is 0. The molecule has 110 valence electrons. The molecule has 0 aliphatic heterocycles. The van der Waals surface area contributed by atoms with Gasteiger partial charge in [0.1, 0.15) is 0 Å². The summed E-state index contributed by atoms with van der Waals surface area (Å²) in [6.07, 6.45) is 0. The van der Waals surface area contributed by atoms with Gasteiger partial charge in [-0.15, -0.1) is 0 Å². The molecule has 0 amide bonds. The number of fused-ring (bicyclic) bond motifs is 1. The van der Waals surface area contributed by atoms with E-state index in [1.54, 1.807) is 0 Å². The molecule has 0 radical (unpaired) electrons. The van der Waals surface area contributed by atoms with Crippen molar-refractivity contribution in [3.8, 4) is 22.3 Å². The maximum Gasteiger partial charge on any atom is 0.0473 e. The Kier molecular flexibility index (Phi) is 3.32. The maximum absolute atomic E-state index is 6.50. The van der Waals surface area contributed by atoms with E-state index < -0.39 is 0 Å². The van der Waals surface area contributed by atoms with Crippen LogP contribution in [0.5, 0.6) is 0 Å². The Balaban J connectivity index is 2.08. The fourth-order valence-corrected chi connectivity index (χ4v) is 3.11. The highest BCUT2D eigenvalue weighted by molar-refractivity contribution is 6.08. The summed E-state index contributed by atoms with van der Waals surface area (Å²) in [5.74, 6) is 0. The molecule has 0 atom stereocenters. The van der Waals surface area contributed by atoms with Gasteiger partial charge in [-0.2, -0.15) is 0 Å². The van der Waals surface area contributed by atoms with Gasteiger partial charge in [0.05, 0.1) is 0 Å². The predicted octanol–water partition coefficient (Wildman–Crippen LogP) is 5.76. The Morgan fingerprint density at radius 2 is 0.957 bits per heavy atom. The molecule has 0 aromatic heterocycles. The van der Waals surface area contributed by atoms with E-state index in [1.165, 1.54) is 16.5 Å². The van der Waals surface area contributed by atoms with Gasteiger partial charge >= 0.3 is 0 Å². The number of hydrogen-bond donors (Lipinski definition) is 1. The summed E-state index contributed by atoms with van der Waals surface area (Å²) in [5, 5.41) is 2.29. The highest BCUT2D eigenvalue weighted by Gasteiger charge is 2.12. The number of anilines is 1. The van der Waals surface area contributed by atoms with Gasteiger partial charge in [0.15, 0.2) is 0 Å². The average Bonchev–Trinajstić information content (AvgIpc) is 2.64. The van der Waals surface area contributed by atoms with Crippen LogP contribution >= 0.6 is 0 Å². The van der Waals surface area contributed by atoms with Gasteiger partial charge in [-0.25, -0.2) is 0 Å². The molecule has 0 heterocycles. The Morgan fingerprint density at radius 1 is 0.478 bits per heavy atom. The second-order valence-corrected chi connectivity index (χ2v) is 5.66. The lowest BCUT2D eigenvalue weighted by Crippen LogP contribution is -1.94. The molecular formula is C22H17N. The van der Waals surface area contributed by atoms with E-state index >= 15 is 0 Å². The van der Waals surface area contributed by atoms with Crippen LogP contribution in [0.1, 0.15) is 0 Å². The van der Waals surface area contributed by atoms with Gasteiger partial charge in [0.2, 0.25) is 0 Å². The zero-order valence-corrected chi connectivity index (χ0v) is 12.7. The highest BCUT2D eigenvalue weighted by atomic mass is 14.6. The first-order chi connectivity index (χ1) is 11.3. The molecule has 0 unspecified atom stereocenters. The quantitative estimate of drug-likeness (QED) is 0.468. The van der Waals surface area contributed by atoms with Crippen LogP contribution in [-0.4, -0.2) is 0 Å². The normalized spacial score (nSPS) is 10.8. The minimum Gasteiger partial charge on any atom is -0.398 e. The van der Waals surface area contributed by atoms with Crippen LogP contribution in [-0.2, 0) is 0 Å². The molecule has 0 saturated heterocycles. The van der Waals surface area contributed by atoms with Gasteiger partial charge in [-0.3, -0.25) is 0 Å². The number of nitrogens with two attached hydrogens (primary N) is 1. The van der Waals surface area contributed by atoms with Crippen LogP contribution in [0, 0.1) is 0 Å². The molecule has 0 aliphatic carbocycles. The molecule has 1 nitrogen and oxygen atoms in total. The smallest absolute Gasteiger partial charge is 0.0473 e. The van der Waals surface area contributed by atoms with E-state index in [9.17, 15) is 0 Å². The average molecular weight is 295 g/mol. The second-order valence-electron chi connectivity index (χ2n) is 5.66. The van der Waals surface area contributed by atoms with Crippen molar-refractivity contribution < 1.29 is 0 Å². The van der Waals surface area contributed by atoms with Crippen LogP contribution in [0.2, 0.25) is 0 Å². The minimum absolute atomic E-state index is 0.839. The number of rotatable bonds is 2. The molecule has 4 rings (SSSR count). The first kappa shape index (κ1) is 13.6. The van der Waals surface area contributed by atoms with Gasteiger partial charge < -0.3 is 5.73 Å². The predicted molar refractivity (Wildman–Crippen MR) is 99.2 cm³/mol. The molecule has 0 bridgehead atoms. The largest absolute Gasteiger partial charge is 0.398 e. The number of nitrogen functional groups attached to an aromatic ring is 1. The lowest BCUT2D eigenvalue weighted by atomic mass is 9.91. The fourth-order valence-electron chi connectivity index (χ4n) is 3.11. The van der Waals surface area contributed by atoms with E-state index in [4.69, 9.17) is 5.73 Å². The molecule has 4 aromatic carbocycles. The number of hydrogen-bond acceptors (Lipinski definition) is 1. The maximum atomic E-state index is 6.50. The van der Waals surface area contributed by atoms with E-state index in [2.05, 4.69) is 60.7 Å². The molecule has 0 saturated carbocycles. The fraction of sp³-hybridized carbons (Fsp3) is 0. The zero-order valence-electron chi connectivity index (χ0n) is 12.7.